The maximum Gasteiger partial charge on any atom is 0.330 e. The summed E-state index contributed by atoms with van der Waals surface area (Å²) in [5.74, 6) is -3.32. The Morgan fingerprint density at radius 1 is 0.976 bits per heavy atom. The zero-order chi connectivity index (χ0) is 30.2. The molecule has 1 aromatic rings. The number of Topliss-reactive ketones (excluding diaryl/α,β-unsaturated/α-hetero) is 2. The zero-order valence-electron chi connectivity index (χ0n) is 24.7. The van der Waals surface area contributed by atoms with Crippen molar-refractivity contribution in [3.05, 3.63) is 63.3 Å². The predicted octanol–water partition coefficient (Wildman–Crippen LogP) is 5.54. The number of hydrogen-bond acceptors (Lipinski definition) is 7. The highest BCUT2D eigenvalue weighted by atomic mass is 16.6. The molecule has 4 atom stereocenters. The number of ether oxygens (including phenoxy) is 2. The lowest BCUT2D eigenvalue weighted by atomic mass is 9.51. The third-order valence-electron chi connectivity index (χ3n) is 9.15. The molecular weight excluding hydrogens is 524 g/mol. The number of phenolic OH excluding ortho intramolecular Hbond substituents is 2. The van der Waals surface area contributed by atoms with E-state index in [1.54, 1.807) is 6.08 Å². The van der Waals surface area contributed by atoms with Gasteiger partial charge in [-0.2, -0.15) is 0 Å². The Morgan fingerprint density at radius 2 is 1.59 bits per heavy atom. The van der Waals surface area contributed by atoms with Gasteiger partial charge in [-0.1, -0.05) is 35.5 Å². The summed E-state index contributed by atoms with van der Waals surface area (Å²) in [7, 11) is 0. The first-order valence-corrected chi connectivity index (χ1v) is 14.1. The van der Waals surface area contributed by atoms with Gasteiger partial charge in [0.25, 0.3) is 0 Å². The number of rotatable bonds is 7. The van der Waals surface area contributed by atoms with Gasteiger partial charge in [0.05, 0.1) is 5.60 Å². The third-order valence-corrected chi connectivity index (χ3v) is 9.15. The van der Waals surface area contributed by atoms with Crippen molar-refractivity contribution in [2.75, 3.05) is 0 Å². The summed E-state index contributed by atoms with van der Waals surface area (Å²) in [6.07, 6.45) is 7.63. The molecule has 3 N–H and O–H groups in total. The third kappa shape index (κ3) is 3.94. The molecule has 2 heterocycles. The van der Waals surface area contributed by atoms with Gasteiger partial charge in [-0.05, 0) is 67.7 Å². The molecule has 6 rings (SSSR count). The van der Waals surface area contributed by atoms with Crippen LogP contribution in [0.4, 0.5) is 0 Å². The van der Waals surface area contributed by atoms with Crippen molar-refractivity contribution in [2.45, 2.75) is 91.0 Å². The zero-order valence-corrected chi connectivity index (χ0v) is 24.7. The second-order valence-electron chi connectivity index (χ2n) is 12.8. The minimum atomic E-state index is -1.65. The maximum atomic E-state index is 14.5. The minimum Gasteiger partial charge on any atom is -0.507 e. The van der Waals surface area contributed by atoms with Crippen LogP contribution < -0.4 is 4.74 Å². The fourth-order valence-electron chi connectivity index (χ4n) is 7.14. The first-order chi connectivity index (χ1) is 19.1. The van der Waals surface area contributed by atoms with Crippen LogP contribution in [-0.2, 0) is 27.2 Å². The van der Waals surface area contributed by atoms with Gasteiger partial charge in [0.1, 0.15) is 22.8 Å². The van der Waals surface area contributed by atoms with Crippen LogP contribution in [0.5, 0.6) is 17.2 Å². The molecule has 1 saturated heterocycles. The Hall–Kier alpha value is -3.65. The monoisotopic (exact) mass is 562 g/mol. The quantitative estimate of drug-likeness (QED) is 0.292. The lowest BCUT2D eigenvalue weighted by Gasteiger charge is -2.56. The molecule has 8 heteroatoms. The van der Waals surface area contributed by atoms with Gasteiger partial charge in [-0.3, -0.25) is 9.59 Å². The molecule has 5 aliphatic rings. The number of fused-ring (bicyclic) bond motifs is 1. The normalized spacial score (nSPS) is 28.9. The molecule has 0 aromatic heterocycles. The van der Waals surface area contributed by atoms with Gasteiger partial charge in [0.2, 0.25) is 0 Å². The van der Waals surface area contributed by atoms with Crippen molar-refractivity contribution in [1.29, 1.82) is 0 Å². The largest absolute Gasteiger partial charge is 0.507 e. The van der Waals surface area contributed by atoms with Gasteiger partial charge in [0.15, 0.2) is 22.8 Å². The second kappa shape index (κ2) is 9.44. The summed E-state index contributed by atoms with van der Waals surface area (Å²) in [6.45, 7) is 12.8. The maximum absolute atomic E-state index is 14.5. The molecule has 0 amide bonds. The fourth-order valence-corrected chi connectivity index (χ4v) is 7.14. The molecule has 4 bridgehead atoms. The highest BCUT2D eigenvalue weighted by Gasteiger charge is 2.81. The van der Waals surface area contributed by atoms with E-state index in [2.05, 4.69) is 0 Å². The Morgan fingerprint density at radius 3 is 2.17 bits per heavy atom. The first kappa shape index (κ1) is 28.9. The molecule has 2 aliphatic heterocycles. The number of carboxylic acid groups (broad SMARTS) is 1. The summed E-state index contributed by atoms with van der Waals surface area (Å²) in [5, 5.41) is 32.5. The standard InChI is InChI=1S/C33H38O8/c1-16(2)8-10-20-25(34)21(11-9-17(3)4)28-24(26(20)35)27(36)22-14-19-15-23-31(6,7)41-32(29(19)37,33(22,23)40-28)13-12-18(5)30(38)39/h8-9,12,14,19,23,34-35H,10-11,13,15H2,1-7H3,(H,38,39)/b18-12-/t19-,23?,32+,33-/m1/s1. The number of carbonyl (C=O) groups is 3. The molecule has 218 valence electrons. The van der Waals surface area contributed by atoms with E-state index in [1.165, 1.54) is 13.0 Å². The smallest absolute Gasteiger partial charge is 0.330 e. The van der Waals surface area contributed by atoms with Crippen LogP contribution in [-0.4, -0.2) is 49.7 Å². The molecule has 1 unspecified atom stereocenters. The number of carboxylic acids is 1. The van der Waals surface area contributed by atoms with Gasteiger partial charge < -0.3 is 24.8 Å². The van der Waals surface area contributed by atoms with Crippen molar-refractivity contribution in [3.63, 3.8) is 0 Å². The summed E-state index contributed by atoms with van der Waals surface area (Å²) in [5.41, 5.74) is -1.27. The fraction of sp³-hybridized carbons (Fsp3) is 0.485. The van der Waals surface area contributed by atoms with E-state index in [-0.39, 0.29) is 64.6 Å². The number of aromatic hydroxyl groups is 2. The molecule has 1 spiro atoms. The summed E-state index contributed by atoms with van der Waals surface area (Å²) in [4.78, 5) is 40.2. The average Bonchev–Trinajstić information content (AvgIpc) is 3.03. The number of ketones is 2. The Bertz CT molecular complexity index is 1510. The van der Waals surface area contributed by atoms with E-state index in [0.29, 0.717) is 12.0 Å². The number of hydrogen-bond donors (Lipinski definition) is 3. The lowest BCUT2D eigenvalue weighted by molar-refractivity contribution is -0.171. The SMILES string of the molecule is CC(C)=CCc1c(O)c(CC=C(C)C)c2c(c1O)C(=O)C1=C[C@@H]3CC4C(C)(C)O[C@@](C/C=C(/C)C(=O)O)(C3=O)[C@@]14O2. The Labute approximate surface area is 240 Å². The van der Waals surface area contributed by atoms with Gasteiger partial charge in [-0.25, -0.2) is 4.79 Å². The number of carbonyl (C=O) groups excluding carboxylic acids is 2. The Kier molecular flexibility index (Phi) is 6.65. The molecule has 8 nitrogen and oxygen atoms in total. The number of phenols is 2. The van der Waals surface area contributed by atoms with Crippen molar-refractivity contribution >= 4 is 17.5 Å². The van der Waals surface area contributed by atoms with E-state index in [4.69, 9.17) is 9.47 Å². The minimum absolute atomic E-state index is 0.0291. The number of allylic oxidation sites excluding steroid dienone is 5. The molecule has 0 radical (unpaired) electrons. The number of aliphatic carboxylic acids is 1. The second-order valence-corrected chi connectivity index (χ2v) is 12.8. The molecule has 3 aliphatic carbocycles. The highest BCUT2D eigenvalue weighted by molar-refractivity contribution is 6.18. The topological polar surface area (TPSA) is 130 Å². The van der Waals surface area contributed by atoms with Gasteiger partial charge in [-0.15, -0.1) is 0 Å². The lowest BCUT2D eigenvalue weighted by Crippen LogP contribution is -2.72. The van der Waals surface area contributed by atoms with Crippen molar-refractivity contribution in [3.8, 4) is 17.2 Å². The predicted molar refractivity (Wildman–Crippen MR) is 152 cm³/mol. The van der Waals surface area contributed by atoms with Crippen molar-refractivity contribution < 1.29 is 39.2 Å². The summed E-state index contributed by atoms with van der Waals surface area (Å²) in [6, 6.07) is 0. The number of benzene rings is 1. The van der Waals surface area contributed by atoms with Crippen LogP contribution in [0, 0.1) is 11.8 Å². The summed E-state index contributed by atoms with van der Waals surface area (Å²) >= 11 is 0. The van der Waals surface area contributed by atoms with E-state index < -0.39 is 40.4 Å². The van der Waals surface area contributed by atoms with Gasteiger partial charge >= 0.3 is 5.97 Å². The molecule has 2 fully saturated rings. The summed E-state index contributed by atoms with van der Waals surface area (Å²) < 4.78 is 13.5. The molecular formula is C33H38O8. The van der Waals surface area contributed by atoms with Crippen LogP contribution in [0.3, 0.4) is 0 Å². The average molecular weight is 563 g/mol. The highest BCUT2D eigenvalue weighted by Crippen LogP contribution is 2.68. The molecule has 1 saturated carbocycles. The van der Waals surface area contributed by atoms with E-state index >= 15 is 0 Å². The molecule has 41 heavy (non-hydrogen) atoms. The van der Waals surface area contributed by atoms with Crippen LogP contribution >= 0.6 is 0 Å². The van der Waals surface area contributed by atoms with Crippen molar-refractivity contribution in [1.82, 2.24) is 0 Å². The first-order valence-electron chi connectivity index (χ1n) is 14.1. The van der Waals surface area contributed by atoms with Crippen molar-refractivity contribution in [2.24, 2.45) is 11.8 Å². The van der Waals surface area contributed by atoms with E-state index in [1.807, 2.05) is 53.7 Å². The van der Waals surface area contributed by atoms with Gasteiger partial charge in [0, 0.05) is 40.5 Å². The molecule has 1 aromatic carbocycles. The van der Waals surface area contributed by atoms with E-state index in [9.17, 15) is 29.7 Å². The van der Waals surface area contributed by atoms with E-state index in [0.717, 1.165) is 11.1 Å². The van der Waals surface area contributed by atoms with Crippen LogP contribution in [0.25, 0.3) is 0 Å². The van der Waals surface area contributed by atoms with Crippen LogP contribution in [0.2, 0.25) is 0 Å². The van der Waals surface area contributed by atoms with Crippen LogP contribution in [0.15, 0.2) is 46.6 Å². The van der Waals surface area contributed by atoms with Crippen LogP contribution in [0.1, 0.15) is 82.8 Å². The Balaban J connectivity index is 1.81.